The van der Waals surface area contributed by atoms with Crippen molar-refractivity contribution in [3.63, 3.8) is 0 Å². The maximum absolute atomic E-state index is 14.2. The monoisotopic (exact) mass is 282 g/mol. The molecule has 2 nitrogen and oxygen atoms in total. The Balaban J connectivity index is 2.15. The first-order chi connectivity index (χ1) is 9.51. The van der Waals surface area contributed by atoms with Gasteiger partial charge in [0, 0.05) is 25.7 Å². The molecular weight excluding hydrogens is 258 g/mol. The van der Waals surface area contributed by atoms with Gasteiger partial charge < -0.3 is 10.2 Å². The van der Waals surface area contributed by atoms with Crippen LogP contribution in [0.25, 0.3) is 0 Å². The molecule has 0 spiro atoms. The summed E-state index contributed by atoms with van der Waals surface area (Å²) in [6.07, 6.45) is 2.35. The topological polar surface area (TPSA) is 15.3 Å². The minimum atomic E-state index is -0.451. The molecule has 0 aromatic heterocycles. The van der Waals surface area contributed by atoms with Crippen LogP contribution in [0.1, 0.15) is 39.2 Å². The third-order valence-corrected chi connectivity index (χ3v) is 3.66. The lowest BCUT2D eigenvalue weighted by Gasteiger charge is -2.24. The van der Waals surface area contributed by atoms with Crippen LogP contribution in [0.15, 0.2) is 12.1 Å². The number of halogens is 2. The highest BCUT2D eigenvalue weighted by Crippen LogP contribution is 2.33. The number of nitrogens with one attached hydrogen (secondary N) is 1. The molecule has 0 unspecified atom stereocenters. The Labute approximate surface area is 120 Å². The van der Waals surface area contributed by atoms with E-state index in [1.807, 2.05) is 25.7 Å². The van der Waals surface area contributed by atoms with Crippen LogP contribution >= 0.6 is 0 Å². The van der Waals surface area contributed by atoms with Crippen molar-refractivity contribution in [1.82, 2.24) is 5.32 Å². The molecule has 0 radical (unpaired) electrons. The molecule has 0 atom stereocenters. The van der Waals surface area contributed by atoms with E-state index < -0.39 is 11.6 Å². The molecule has 1 fully saturated rings. The van der Waals surface area contributed by atoms with Gasteiger partial charge in [0.25, 0.3) is 0 Å². The first-order valence-electron chi connectivity index (χ1n) is 7.47. The van der Waals surface area contributed by atoms with Gasteiger partial charge in [0.15, 0.2) is 0 Å². The molecule has 0 heterocycles. The molecule has 2 rings (SSSR count). The first kappa shape index (κ1) is 15.2. The van der Waals surface area contributed by atoms with E-state index >= 15 is 0 Å². The van der Waals surface area contributed by atoms with E-state index in [1.54, 1.807) is 0 Å². The second-order valence-electron chi connectivity index (χ2n) is 5.93. The van der Waals surface area contributed by atoms with Crippen molar-refractivity contribution >= 4 is 5.69 Å². The van der Waals surface area contributed by atoms with Gasteiger partial charge in [-0.15, -0.1) is 0 Å². The van der Waals surface area contributed by atoms with E-state index in [-0.39, 0.29) is 5.69 Å². The molecule has 1 aromatic carbocycles. The number of nitrogens with zero attached hydrogens (tertiary/aromatic N) is 1. The summed E-state index contributed by atoms with van der Waals surface area (Å²) < 4.78 is 28.5. The lowest BCUT2D eigenvalue weighted by molar-refractivity contribution is 0.552. The molecule has 4 heteroatoms. The largest absolute Gasteiger partial charge is 0.367 e. The smallest absolute Gasteiger partial charge is 0.149 e. The lowest BCUT2D eigenvalue weighted by Crippen LogP contribution is -2.27. The van der Waals surface area contributed by atoms with Gasteiger partial charge in [-0.3, -0.25) is 0 Å². The maximum Gasteiger partial charge on any atom is 0.149 e. The molecule has 0 bridgehead atoms. The summed E-state index contributed by atoms with van der Waals surface area (Å²) in [6, 6.07) is 3.19. The quantitative estimate of drug-likeness (QED) is 0.820. The third-order valence-electron chi connectivity index (χ3n) is 3.66. The Morgan fingerprint density at radius 1 is 1.25 bits per heavy atom. The number of hydrogen-bond donors (Lipinski definition) is 1. The van der Waals surface area contributed by atoms with Crippen LogP contribution in [0.2, 0.25) is 0 Å². The van der Waals surface area contributed by atoms with Crippen molar-refractivity contribution in [3.05, 3.63) is 29.3 Å². The fraction of sp³-hybridized carbons (Fsp3) is 0.625. The number of anilines is 1. The van der Waals surface area contributed by atoms with Crippen LogP contribution in [-0.2, 0) is 6.54 Å². The Morgan fingerprint density at radius 3 is 2.30 bits per heavy atom. The molecule has 0 aliphatic heterocycles. The Morgan fingerprint density at radius 2 is 1.85 bits per heavy atom. The normalized spacial score (nSPS) is 14.9. The van der Waals surface area contributed by atoms with E-state index in [9.17, 15) is 8.78 Å². The van der Waals surface area contributed by atoms with Crippen LogP contribution in [0, 0.1) is 17.6 Å². The van der Waals surface area contributed by atoms with Crippen molar-refractivity contribution in [3.8, 4) is 0 Å². The Hall–Kier alpha value is -1.16. The minimum absolute atomic E-state index is 0.132. The predicted octanol–water partition coefficient (Wildman–Crippen LogP) is 3.70. The predicted molar refractivity (Wildman–Crippen MR) is 78.9 cm³/mol. The van der Waals surface area contributed by atoms with E-state index in [4.69, 9.17) is 0 Å². The number of hydrogen-bond acceptors (Lipinski definition) is 2. The van der Waals surface area contributed by atoms with Crippen molar-refractivity contribution in [2.75, 3.05) is 18.0 Å². The molecule has 1 aromatic rings. The van der Waals surface area contributed by atoms with Crippen LogP contribution in [0.5, 0.6) is 0 Å². The molecule has 1 N–H and O–H groups in total. The van der Waals surface area contributed by atoms with Gasteiger partial charge in [0.1, 0.15) is 17.3 Å². The van der Waals surface area contributed by atoms with E-state index in [0.717, 1.165) is 6.54 Å². The summed E-state index contributed by atoms with van der Waals surface area (Å²) in [5.74, 6) is -0.294. The maximum atomic E-state index is 14.2. The summed E-state index contributed by atoms with van der Waals surface area (Å²) in [6.45, 7) is 7.84. The second kappa shape index (κ2) is 6.53. The number of rotatable bonds is 7. The first-order valence-corrected chi connectivity index (χ1v) is 7.47. The zero-order valence-corrected chi connectivity index (χ0v) is 12.5. The summed E-state index contributed by atoms with van der Waals surface area (Å²) in [5, 5.41) is 3.17. The van der Waals surface area contributed by atoms with Crippen LogP contribution in [0.4, 0.5) is 14.5 Å². The standard InChI is InChI=1S/C16H24F2N2/c1-4-20(10-12-5-6-12)16-14(17)7-13(8-15(16)18)9-19-11(2)3/h7-8,11-12,19H,4-6,9-10H2,1-3H3. The zero-order valence-electron chi connectivity index (χ0n) is 12.5. The lowest BCUT2D eigenvalue weighted by atomic mass is 10.1. The Bertz CT molecular complexity index is 433. The van der Waals surface area contributed by atoms with Gasteiger partial charge >= 0.3 is 0 Å². The molecule has 1 saturated carbocycles. The molecule has 1 aliphatic rings. The van der Waals surface area contributed by atoms with Crippen molar-refractivity contribution in [2.45, 2.75) is 46.2 Å². The molecule has 1 aliphatic carbocycles. The highest BCUT2D eigenvalue weighted by atomic mass is 19.1. The van der Waals surface area contributed by atoms with Gasteiger partial charge in [0.2, 0.25) is 0 Å². The van der Waals surface area contributed by atoms with E-state index in [0.29, 0.717) is 30.6 Å². The van der Waals surface area contributed by atoms with Crippen LogP contribution in [0.3, 0.4) is 0 Å². The van der Waals surface area contributed by atoms with Crippen LogP contribution in [-0.4, -0.2) is 19.1 Å². The highest BCUT2D eigenvalue weighted by molar-refractivity contribution is 5.51. The van der Waals surface area contributed by atoms with Gasteiger partial charge in [-0.05, 0) is 43.4 Å². The Kier molecular flexibility index (Phi) is 4.97. The van der Waals surface area contributed by atoms with Crippen molar-refractivity contribution in [1.29, 1.82) is 0 Å². The summed E-state index contributed by atoms with van der Waals surface area (Å²) >= 11 is 0. The number of benzene rings is 1. The van der Waals surface area contributed by atoms with E-state index in [2.05, 4.69) is 5.32 Å². The SMILES string of the molecule is CCN(CC1CC1)c1c(F)cc(CNC(C)C)cc1F. The highest BCUT2D eigenvalue weighted by Gasteiger charge is 2.26. The van der Waals surface area contributed by atoms with Gasteiger partial charge in [-0.1, -0.05) is 13.8 Å². The summed E-state index contributed by atoms with van der Waals surface area (Å²) in [4.78, 5) is 1.82. The molecule has 0 saturated heterocycles. The van der Waals surface area contributed by atoms with Gasteiger partial charge in [-0.2, -0.15) is 0 Å². The van der Waals surface area contributed by atoms with E-state index in [1.165, 1.54) is 25.0 Å². The van der Waals surface area contributed by atoms with Gasteiger partial charge in [0.05, 0.1) is 0 Å². The molecular formula is C16H24F2N2. The summed E-state index contributed by atoms with van der Waals surface area (Å²) in [7, 11) is 0. The van der Waals surface area contributed by atoms with Crippen molar-refractivity contribution in [2.24, 2.45) is 5.92 Å². The second-order valence-corrected chi connectivity index (χ2v) is 5.93. The molecule has 0 amide bonds. The van der Waals surface area contributed by atoms with Crippen molar-refractivity contribution < 1.29 is 8.78 Å². The molecule has 112 valence electrons. The fourth-order valence-electron chi connectivity index (χ4n) is 2.33. The third kappa shape index (κ3) is 3.92. The average molecular weight is 282 g/mol. The molecule has 20 heavy (non-hydrogen) atoms. The minimum Gasteiger partial charge on any atom is -0.367 e. The summed E-state index contributed by atoms with van der Waals surface area (Å²) in [5.41, 5.74) is 0.785. The van der Waals surface area contributed by atoms with Crippen LogP contribution < -0.4 is 10.2 Å². The van der Waals surface area contributed by atoms with Gasteiger partial charge in [-0.25, -0.2) is 8.78 Å². The zero-order chi connectivity index (χ0) is 14.7. The average Bonchev–Trinajstić information content (AvgIpc) is 3.18. The fourth-order valence-corrected chi connectivity index (χ4v) is 2.33.